The Morgan fingerprint density at radius 1 is 1.29 bits per heavy atom. The van der Waals surface area contributed by atoms with Gasteiger partial charge in [-0.15, -0.1) is 0 Å². The fourth-order valence-corrected chi connectivity index (χ4v) is 2.26. The van der Waals surface area contributed by atoms with E-state index in [1.54, 1.807) is 0 Å². The zero-order chi connectivity index (χ0) is 12.3. The van der Waals surface area contributed by atoms with Gasteiger partial charge in [-0.25, -0.2) is 0 Å². The molecule has 1 aromatic rings. The normalized spacial score (nSPS) is 26.4. The smallest absolute Gasteiger partial charge is 0.0643 e. The van der Waals surface area contributed by atoms with Gasteiger partial charge in [0.1, 0.15) is 0 Å². The number of hydrogen-bond donors (Lipinski definition) is 0. The monoisotopic (exact) mass is 292 g/mol. The lowest BCUT2D eigenvalue weighted by Crippen LogP contribution is -2.23. The zero-order valence-corrected chi connectivity index (χ0v) is 11.8. The van der Waals surface area contributed by atoms with Crippen LogP contribution in [0.25, 0.3) is 0 Å². The average molecular weight is 293 g/mol. The molecule has 1 aromatic carbocycles. The molecule has 2 nitrogen and oxygen atoms in total. The lowest BCUT2D eigenvalue weighted by Gasteiger charge is -2.19. The summed E-state index contributed by atoms with van der Waals surface area (Å²) in [5.74, 6) is 0.526. The van der Waals surface area contributed by atoms with Crippen molar-refractivity contribution in [1.29, 1.82) is 0 Å². The molecule has 0 aromatic heterocycles. The summed E-state index contributed by atoms with van der Waals surface area (Å²) in [6.45, 7) is 5.12. The van der Waals surface area contributed by atoms with Crippen molar-refractivity contribution in [1.82, 2.24) is 0 Å². The predicted octanol–water partition coefficient (Wildman–Crippen LogP) is 3.89. The maximum atomic E-state index is 4.65. The largest absolute Gasteiger partial charge is 0.288 e. The Balaban J connectivity index is 2.05. The van der Waals surface area contributed by atoms with Crippen molar-refractivity contribution in [2.45, 2.75) is 32.9 Å². The van der Waals surface area contributed by atoms with Gasteiger partial charge in [-0.2, -0.15) is 0 Å². The highest BCUT2D eigenvalue weighted by molar-refractivity contribution is 9.10. The van der Waals surface area contributed by atoms with Crippen molar-refractivity contribution in [3.05, 3.63) is 34.3 Å². The fourth-order valence-electron chi connectivity index (χ4n) is 1.99. The van der Waals surface area contributed by atoms with Gasteiger partial charge in [0.25, 0.3) is 0 Å². The molecule has 0 saturated heterocycles. The highest BCUT2D eigenvalue weighted by atomic mass is 79.9. The van der Waals surface area contributed by atoms with Gasteiger partial charge in [0.2, 0.25) is 0 Å². The molecule has 0 spiro atoms. The molecule has 2 unspecified atom stereocenters. The molecular weight excluding hydrogens is 276 g/mol. The van der Waals surface area contributed by atoms with E-state index in [1.165, 1.54) is 5.56 Å². The second-order valence-corrected chi connectivity index (χ2v) is 5.55. The van der Waals surface area contributed by atoms with Gasteiger partial charge in [-0.3, -0.25) is 9.98 Å². The molecule has 90 valence electrons. The number of aliphatic imine (C=N–C) groups is 2. The van der Waals surface area contributed by atoms with E-state index in [0.717, 1.165) is 23.1 Å². The minimum atomic E-state index is 0.441. The quantitative estimate of drug-likeness (QED) is 0.790. The number of halogens is 1. The maximum absolute atomic E-state index is 4.65. The standard InChI is InChI=1S/C14H17BrN2/c1-10-7-11(2)16-9-14(10)17-8-12-3-5-13(15)6-4-12/h3-6,9-11H,7-8H2,1-2H3. The Labute approximate surface area is 111 Å². The molecule has 0 bridgehead atoms. The van der Waals surface area contributed by atoms with Crippen LogP contribution in [0.1, 0.15) is 25.8 Å². The molecular formula is C14H17BrN2. The summed E-state index contributed by atoms with van der Waals surface area (Å²) < 4.78 is 1.11. The molecule has 3 heteroatoms. The van der Waals surface area contributed by atoms with E-state index in [4.69, 9.17) is 0 Å². The summed E-state index contributed by atoms with van der Waals surface area (Å²) in [5.41, 5.74) is 2.37. The van der Waals surface area contributed by atoms with Crippen LogP contribution in [0.15, 0.2) is 38.7 Å². The third-order valence-corrected chi connectivity index (χ3v) is 3.55. The summed E-state index contributed by atoms with van der Waals surface area (Å²) in [5, 5.41) is 0. The highest BCUT2D eigenvalue weighted by Gasteiger charge is 2.16. The Bertz CT molecular complexity index is 434. The Hall–Kier alpha value is -0.960. The minimum Gasteiger partial charge on any atom is -0.288 e. The zero-order valence-electron chi connectivity index (χ0n) is 10.2. The van der Waals surface area contributed by atoms with Crippen molar-refractivity contribution >= 4 is 27.9 Å². The summed E-state index contributed by atoms with van der Waals surface area (Å²) in [6.07, 6.45) is 3.05. The first-order valence-electron chi connectivity index (χ1n) is 5.97. The van der Waals surface area contributed by atoms with Gasteiger partial charge in [-0.1, -0.05) is 35.0 Å². The van der Waals surface area contributed by atoms with Crippen LogP contribution < -0.4 is 0 Å². The first-order chi connectivity index (χ1) is 8.15. The van der Waals surface area contributed by atoms with Crippen LogP contribution in [0.3, 0.4) is 0 Å². The number of rotatable bonds is 2. The van der Waals surface area contributed by atoms with Crippen LogP contribution in [-0.2, 0) is 6.54 Å². The predicted molar refractivity (Wildman–Crippen MR) is 77.0 cm³/mol. The van der Waals surface area contributed by atoms with Gasteiger partial charge in [-0.05, 0) is 31.0 Å². The van der Waals surface area contributed by atoms with Crippen LogP contribution in [0.4, 0.5) is 0 Å². The third kappa shape index (κ3) is 3.50. The molecule has 0 radical (unpaired) electrons. The van der Waals surface area contributed by atoms with Gasteiger partial charge >= 0.3 is 0 Å². The summed E-state index contributed by atoms with van der Waals surface area (Å²) >= 11 is 3.43. The van der Waals surface area contributed by atoms with Crippen LogP contribution in [0, 0.1) is 5.92 Å². The van der Waals surface area contributed by atoms with E-state index in [0.29, 0.717) is 12.0 Å². The molecule has 0 aliphatic carbocycles. The third-order valence-electron chi connectivity index (χ3n) is 3.02. The Morgan fingerprint density at radius 3 is 2.65 bits per heavy atom. The van der Waals surface area contributed by atoms with Crippen LogP contribution in [-0.4, -0.2) is 18.0 Å². The first kappa shape index (κ1) is 12.5. The maximum Gasteiger partial charge on any atom is 0.0643 e. The lowest BCUT2D eigenvalue weighted by atomic mass is 9.95. The second-order valence-electron chi connectivity index (χ2n) is 4.63. The molecule has 0 amide bonds. The molecule has 0 saturated carbocycles. The topological polar surface area (TPSA) is 24.7 Å². The molecule has 1 aliphatic rings. The average Bonchev–Trinajstić information content (AvgIpc) is 2.30. The van der Waals surface area contributed by atoms with Crippen molar-refractivity contribution < 1.29 is 0 Å². The SMILES string of the molecule is CC1CC(C)C(=NCc2ccc(Br)cc2)C=N1. The van der Waals surface area contributed by atoms with Gasteiger partial charge in [0.15, 0.2) is 0 Å². The number of nitrogens with zero attached hydrogens (tertiary/aromatic N) is 2. The van der Waals surface area contributed by atoms with Gasteiger partial charge in [0.05, 0.1) is 12.3 Å². The second kappa shape index (κ2) is 5.58. The molecule has 17 heavy (non-hydrogen) atoms. The van der Waals surface area contributed by atoms with Crippen molar-refractivity contribution in [3.63, 3.8) is 0 Å². The van der Waals surface area contributed by atoms with Crippen molar-refractivity contribution in [3.8, 4) is 0 Å². The molecule has 0 N–H and O–H groups in total. The molecule has 2 atom stereocenters. The van der Waals surface area contributed by atoms with E-state index < -0.39 is 0 Å². The number of hydrogen-bond acceptors (Lipinski definition) is 2. The van der Waals surface area contributed by atoms with Gasteiger partial charge < -0.3 is 0 Å². The van der Waals surface area contributed by atoms with Crippen LogP contribution in [0.5, 0.6) is 0 Å². The molecule has 1 aliphatic heterocycles. The van der Waals surface area contributed by atoms with Crippen molar-refractivity contribution in [2.24, 2.45) is 15.9 Å². The summed E-state index contributed by atoms with van der Waals surface area (Å²) in [4.78, 5) is 9.08. The van der Waals surface area contributed by atoms with E-state index in [1.807, 2.05) is 6.21 Å². The van der Waals surface area contributed by atoms with E-state index in [2.05, 4.69) is 64.0 Å². The van der Waals surface area contributed by atoms with Gasteiger partial charge in [0, 0.05) is 22.6 Å². The molecule has 2 rings (SSSR count). The first-order valence-corrected chi connectivity index (χ1v) is 6.76. The van der Waals surface area contributed by atoms with E-state index in [-0.39, 0.29) is 0 Å². The Morgan fingerprint density at radius 2 is 2.00 bits per heavy atom. The minimum absolute atomic E-state index is 0.441. The van der Waals surface area contributed by atoms with Crippen molar-refractivity contribution in [2.75, 3.05) is 0 Å². The number of benzene rings is 1. The van der Waals surface area contributed by atoms with E-state index >= 15 is 0 Å². The summed E-state index contributed by atoms with van der Waals surface area (Å²) in [6, 6.07) is 8.74. The van der Waals surface area contributed by atoms with E-state index in [9.17, 15) is 0 Å². The lowest BCUT2D eigenvalue weighted by molar-refractivity contribution is 0.579. The van der Waals surface area contributed by atoms with Crippen LogP contribution in [0.2, 0.25) is 0 Å². The highest BCUT2D eigenvalue weighted by Crippen LogP contribution is 2.16. The molecule has 1 heterocycles. The molecule has 0 fully saturated rings. The fraction of sp³-hybridized carbons (Fsp3) is 0.429. The van der Waals surface area contributed by atoms with Crippen LogP contribution >= 0.6 is 15.9 Å². The Kier molecular flexibility index (Phi) is 4.11. The summed E-state index contributed by atoms with van der Waals surface area (Å²) in [7, 11) is 0.